The number of benzene rings is 2. The average Bonchev–Trinajstić information content (AvgIpc) is 2.68. The maximum atomic E-state index is 12.9. The highest BCUT2D eigenvalue weighted by molar-refractivity contribution is 8.00. The molecule has 144 valence electrons. The first-order valence-corrected chi connectivity index (χ1v) is 9.59. The number of halogens is 1. The zero-order valence-electron chi connectivity index (χ0n) is 15.2. The lowest BCUT2D eigenvalue weighted by atomic mass is 10.1. The molecule has 0 saturated heterocycles. The first-order chi connectivity index (χ1) is 13.1. The van der Waals surface area contributed by atoms with Crippen molar-refractivity contribution in [2.75, 3.05) is 32.6 Å². The summed E-state index contributed by atoms with van der Waals surface area (Å²) in [6.45, 7) is 1.37. The van der Waals surface area contributed by atoms with E-state index in [4.69, 9.17) is 4.74 Å². The van der Waals surface area contributed by atoms with E-state index in [0.29, 0.717) is 31.7 Å². The van der Waals surface area contributed by atoms with E-state index in [2.05, 4.69) is 10.6 Å². The Morgan fingerprint density at radius 1 is 1.04 bits per heavy atom. The zero-order valence-corrected chi connectivity index (χ0v) is 16.0. The topological polar surface area (TPSA) is 67.4 Å². The van der Waals surface area contributed by atoms with Gasteiger partial charge >= 0.3 is 0 Å². The van der Waals surface area contributed by atoms with Crippen molar-refractivity contribution in [3.05, 3.63) is 65.5 Å². The van der Waals surface area contributed by atoms with Gasteiger partial charge in [-0.25, -0.2) is 4.39 Å². The molecule has 5 nitrogen and oxygen atoms in total. The molecule has 0 aliphatic rings. The molecular weight excluding hydrogens is 367 g/mol. The molecule has 0 radical (unpaired) electrons. The van der Waals surface area contributed by atoms with Gasteiger partial charge in [0.15, 0.2) is 0 Å². The summed E-state index contributed by atoms with van der Waals surface area (Å²) in [4.78, 5) is 25.0. The summed E-state index contributed by atoms with van der Waals surface area (Å²) in [7, 11) is 1.58. The Bertz CT molecular complexity index is 753. The van der Waals surface area contributed by atoms with Crippen LogP contribution >= 0.6 is 11.8 Å². The molecule has 2 N–H and O–H groups in total. The molecule has 2 aromatic carbocycles. The second-order valence-corrected chi connectivity index (χ2v) is 6.78. The van der Waals surface area contributed by atoms with Crippen LogP contribution in [0.5, 0.6) is 0 Å². The van der Waals surface area contributed by atoms with E-state index >= 15 is 0 Å². The van der Waals surface area contributed by atoms with Gasteiger partial charge in [-0.05, 0) is 36.2 Å². The van der Waals surface area contributed by atoms with E-state index in [0.717, 1.165) is 10.5 Å². The lowest BCUT2D eigenvalue weighted by Gasteiger charge is -2.10. The van der Waals surface area contributed by atoms with Crippen molar-refractivity contribution in [3.8, 4) is 0 Å². The summed E-state index contributed by atoms with van der Waals surface area (Å²) in [6.07, 6.45) is 0.614. The molecule has 7 heteroatoms. The number of hydrogen-bond donors (Lipinski definition) is 2. The van der Waals surface area contributed by atoms with Gasteiger partial charge in [0.2, 0.25) is 5.91 Å². The van der Waals surface area contributed by atoms with Gasteiger partial charge in [0.1, 0.15) is 5.82 Å². The second-order valence-electron chi connectivity index (χ2n) is 5.76. The highest BCUT2D eigenvalue weighted by Gasteiger charge is 2.12. The van der Waals surface area contributed by atoms with Crippen LogP contribution < -0.4 is 10.6 Å². The minimum Gasteiger partial charge on any atom is -0.383 e. The fourth-order valence-electron chi connectivity index (χ4n) is 2.33. The number of carbonyl (C=O) groups excluding carboxylic acids is 2. The van der Waals surface area contributed by atoms with E-state index in [1.165, 1.54) is 23.9 Å². The van der Waals surface area contributed by atoms with Gasteiger partial charge in [-0.15, -0.1) is 11.8 Å². The van der Waals surface area contributed by atoms with Crippen molar-refractivity contribution in [3.63, 3.8) is 0 Å². The number of carbonyl (C=O) groups is 2. The van der Waals surface area contributed by atoms with Crippen LogP contribution in [0, 0.1) is 5.82 Å². The molecule has 0 fully saturated rings. The monoisotopic (exact) mass is 390 g/mol. The molecule has 0 saturated carbocycles. The summed E-state index contributed by atoms with van der Waals surface area (Å²) in [5, 5.41) is 5.62. The summed E-state index contributed by atoms with van der Waals surface area (Å²) >= 11 is 1.32. The van der Waals surface area contributed by atoms with Crippen molar-refractivity contribution in [1.29, 1.82) is 0 Å². The minimum absolute atomic E-state index is 0.108. The molecule has 2 amide bonds. The molecule has 0 aliphatic carbocycles. The summed E-state index contributed by atoms with van der Waals surface area (Å²) in [5.41, 5.74) is 1.48. The van der Waals surface area contributed by atoms with Gasteiger partial charge in [0.25, 0.3) is 5.91 Å². The maximum absolute atomic E-state index is 12.9. The van der Waals surface area contributed by atoms with Crippen LogP contribution in [0.1, 0.15) is 15.9 Å². The SMILES string of the molecule is COCCNC(=O)CSc1ccccc1C(=O)NCCc1ccc(F)cc1. The van der Waals surface area contributed by atoms with Crippen molar-refractivity contribution in [2.24, 2.45) is 0 Å². The minimum atomic E-state index is -0.278. The fourth-order valence-corrected chi connectivity index (χ4v) is 3.21. The smallest absolute Gasteiger partial charge is 0.252 e. The van der Waals surface area contributed by atoms with Crippen LogP contribution in [0.15, 0.2) is 53.4 Å². The first-order valence-electron chi connectivity index (χ1n) is 8.60. The summed E-state index contributed by atoms with van der Waals surface area (Å²) in [6, 6.07) is 13.4. The van der Waals surface area contributed by atoms with E-state index in [1.54, 1.807) is 31.4 Å². The number of thioether (sulfide) groups is 1. The number of hydrogen-bond acceptors (Lipinski definition) is 4. The molecule has 0 unspecified atom stereocenters. The molecule has 2 rings (SSSR count). The quantitative estimate of drug-likeness (QED) is 0.484. The Morgan fingerprint density at radius 3 is 2.52 bits per heavy atom. The maximum Gasteiger partial charge on any atom is 0.252 e. The van der Waals surface area contributed by atoms with Crippen LogP contribution in [0.2, 0.25) is 0 Å². The van der Waals surface area contributed by atoms with Gasteiger partial charge < -0.3 is 15.4 Å². The molecule has 0 atom stereocenters. The van der Waals surface area contributed by atoms with Crippen LogP contribution in [0.3, 0.4) is 0 Å². The third-order valence-corrected chi connectivity index (χ3v) is 4.80. The first kappa shape index (κ1) is 20.9. The fraction of sp³-hybridized carbons (Fsp3) is 0.300. The number of methoxy groups -OCH3 is 1. The van der Waals surface area contributed by atoms with E-state index < -0.39 is 0 Å². The Balaban J connectivity index is 1.85. The van der Waals surface area contributed by atoms with Gasteiger partial charge in [-0.3, -0.25) is 9.59 Å². The molecular formula is C20H23FN2O3S. The molecule has 0 spiro atoms. The lowest BCUT2D eigenvalue weighted by molar-refractivity contribution is -0.118. The number of rotatable bonds is 10. The van der Waals surface area contributed by atoms with E-state index in [1.807, 2.05) is 12.1 Å². The van der Waals surface area contributed by atoms with Crippen LogP contribution in [-0.2, 0) is 16.0 Å². The van der Waals surface area contributed by atoms with Crippen LogP contribution in [-0.4, -0.2) is 44.4 Å². The van der Waals surface area contributed by atoms with Gasteiger partial charge in [-0.2, -0.15) is 0 Å². The normalized spacial score (nSPS) is 10.4. The highest BCUT2D eigenvalue weighted by Crippen LogP contribution is 2.22. The number of amides is 2. The molecule has 0 aliphatic heterocycles. The Labute approximate surface area is 162 Å². The molecule has 0 heterocycles. The Kier molecular flexibility index (Phi) is 8.80. The Morgan fingerprint density at radius 2 is 1.78 bits per heavy atom. The predicted molar refractivity (Wildman–Crippen MR) is 104 cm³/mol. The van der Waals surface area contributed by atoms with Crippen molar-refractivity contribution >= 4 is 23.6 Å². The molecule has 27 heavy (non-hydrogen) atoms. The zero-order chi connectivity index (χ0) is 19.5. The molecule has 0 bridgehead atoms. The Hall–Kier alpha value is -2.38. The standard InChI is InChI=1S/C20H23FN2O3S/c1-26-13-12-22-19(24)14-27-18-5-3-2-4-17(18)20(25)23-11-10-15-6-8-16(21)9-7-15/h2-9H,10-14H2,1H3,(H,22,24)(H,23,25). The second kappa shape index (κ2) is 11.4. The van der Waals surface area contributed by atoms with Crippen molar-refractivity contribution in [1.82, 2.24) is 10.6 Å². The van der Waals surface area contributed by atoms with Gasteiger partial charge in [0.05, 0.1) is 17.9 Å². The van der Waals surface area contributed by atoms with Crippen LogP contribution in [0.25, 0.3) is 0 Å². The van der Waals surface area contributed by atoms with Gasteiger partial charge in [-0.1, -0.05) is 24.3 Å². The number of nitrogens with one attached hydrogen (secondary N) is 2. The molecule has 0 aromatic heterocycles. The van der Waals surface area contributed by atoms with Gasteiger partial charge in [0, 0.05) is 25.1 Å². The lowest BCUT2D eigenvalue weighted by Crippen LogP contribution is -2.29. The van der Waals surface area contributed by atoms with Crippen molar-refractivity contribution < 1.29 is 18.7 Å². The van der Waals surface area contributed by atoms with Crippen molar-refractivity contribution in [2.45, 2.75) is 11.3 Å². The average molecular weight is 390 g/mol. The summed E-state index contributed by atoms with van der Waals surface area (Å²) in [5.74, 6) is -0.354. The molecule has 2 aromatic rings. The number of ether oxygens (including phenoxy) is 1. The predicted octanol–water partition coefficient (Wildman–Crippen LogP) is 2.65. The largest absolute Gasteiger partial charge is 0.383 e. The summed E-state index contributed by atoms with van der Waals surface area (Å²) < 4.78 is 17.8. The third-order valence-electron chi connectivity index (χ3n) is 3.73. The third kappa shape index (κ3) is 7.40. The van der Waals surface area contributed by atoms with Crippen LogP contribution in [0.4, 0.5) is 4.39 Å². The van der Waals surface area contributed by atoms with E-state index in [-0.39, 0.29) is 23.4 Å². The van der Waals surface area contributed by atoms with E-state index in [9.17, 15) is 14.0 Å². The highest BCUT2D eigenvalue weighted by atomic mass is 32.2.